The van der Waals surface area contributed by atoms with Gasteiger partial charge in [-0.05, 0) is 38.8 Å². The second-order valence-corrected chi connectivity index (χ2v) is 2.60. The Morgan fingerprint density at radius 3 is 1.50 bits per heavy atom. The van der Waals surface area contributed by atoms with Crippen molar-refractivity contribution in [3.8, 4) is 0 Å². The average molecular weight is 166 g/mol. The zero-order valence-corrected chi connectivity index (χ0v) is 7.54. The first kappa shape index (κ1) is 10.8. The van der Waals surface area contributed by atoms with E-state index < -0.39 is 0 Å². The van der Waals surface area contributed by atoms with Gasteiger partial charge in [-0.25, -0.2) is 0 Å². The number of hydrogen-bond donors (Lipinski definition) is 0. The molecule has 0 saturated carbocycles. The van der Waals surface area contributed by atoms with E-state index in [0.717, 1.165) is 12.8 Å². The van der Waals surface area contributed by atoms with Crippen LogP contribution >= 0.6 is 0 Å². The van der Waals surface area contributed by atoms with Crippen LogP contribution in [-0.4, -0.2) is 11.6 Å². The van der Waals surface area contributed by atoms with Crippen LogP contribution in [0.2, 0.25) is 0 Å². The predicted octanol–water partition coefficient (Wildman–Crippen LogP) is 2.06. The van der Waals surface area contributed by atoms with Crippen molar-refractivity contribution in [2.24, 2.45) is 0 Å². The maximum atomic E-state index is 10.4. The van der Waals surface area contributed by atoms with Gasteiger partial charge in [-0.15, -0.1) is 0 Å². The number of ketones is 2. The molecule has 2 nitrogen and oxygen atoms in total. The third-order valence-electron chi connectivity index (χ3n) is 1.21. The van der Waals surface area contributed by atoms with E-state index in [9.17, 15) is 9.59 Å². The molecule has 0 atom stereocenters. The number of hydrogen-bond acceptors (Lipinski definition) is 2. The van der Waals surface area contributed by atoms with Crippen molar-refractivity contribution >= 4 is 11.6 Å². The topological polar surface area (TPSA) is 34.1 Å². The summed E-state index contributed by atoms with van der Waals surface area (Å²) in [6.45, 7) is 3.03. The smallest absolute Gasteiger partial charge is 0.152 e. The Morgan fingerprint density at radius 1 is 0.917 bits per heavy atom. The molecule has 12 heavy (non-hydrogen) atoms. The molecule has 0 fully saturated rings. The minimum Gasteiger partial charge on any atom is -0.295 e. The molecule has 0 saturated heterocycles. The second-order valence-electron chi connectivity index (χ2n) is 2.60. The zero-order chi connectivity index (χ0) is 9.40. The van der Waals surface area contributed by atoms with Crippen LogP contribution in [0.15, 0.2) is 24.3 Å². The van der Waals surface area contributed by atoms with E-state index in [1.807, 2.05) is 12.2 Å². The molecule has 0 aliphatic carbocycles. The molecule has 0 aromatic rings. The summed E-state index contributed by atoms with van der Waals surface area (Å²) < 4.78 is 0. The number of carbonyl (C=O) groups is 2. The van der Waals surface area contributed by atoms with E-state index in [4.69, 9.17) is 0 Å². The average Bonchev–Trinajstić information content (AvgIpc) is 1.95. The Balaban J connectivity index is 3.45. The summed E-state index contributed by atoms with van der Waals surface area (Å²) in [7, 11) is 0. The van der Waals surface area contributed by atoms with Gasteiger partial charge in [-0.1, -0.05) is 12.2 Å². The first-order valence-electron chi connectivity index (χ1n) is 3.97. The van der Waals surface area contributed by atoms with Gasteiger partial charge in [0.15, 0.2) is 11.6 Å². The molecule has 0 unspecified atom stereocenters. The minimum atomic E-state index is 0.0607. The third-order valence-corrected chi connectivity index (χ3v) is 1.21. The van der Waals surface area contributed by atoms with Crippen LogP contribution in [0.5, 0.6) is 0 Å². The first-order valence-corrected chi connectivity index (χ1v) is 3.97. The van der Waals surface area contributed by atoms with Gasteiger partial charge in [-0.2, -0.15) is 0 Å². The molecule has 0 aliphatic rings. The summed E-state index contributed by atoms with van der Waals surface area (Å²) in [6, 6.07) is 0. The standard InChI is InChI=1S/C10H14O2/c1-9(11)7-5-3-4-6-8-10(2)12/h5-8H,3-4H2,1-2H3. The largest absolute Gasteiger partial charge is 0.295 e. The van der Waals surface area contributed by atoms with Crippen molar-refractivity contribution in [3.05, 3.63) is 24.3 Å². The molecule has 0 aromatic carbocycles. The SMILES string of the molecule is CC(=O)C=CCCC=CC(C)=O. The quantitative estimate of drug-likeness (QED) is 0.462. The lowest BCUT2D eigenvalue weighted by atomic mass is 10.2. The maximum Gasteiger partial charge on any atom is 0.152 e. The number of carbonyl (C=O) groups excluding carboxylic acids is 2. The van der Waals surface area contributed by atoms with E-state index in [2.05, 4.69) is 0 Å². The normalized spacial score (nSPS) is 11.2. The summed E-state index contributed by atoms with van der Waals surface area (Å²) in [4.78, 5) is 20.9. The molecule has 0 aliphatic heterocycles. The van der Waals surface area contributed by atoms with Crippen molar-refractivity contribution < 1.29 is 9.59 Å². The lowest BCUT2D eigenvalue weighted by Gasteiger charge is -1.84. The summed E-state index contributed by atoms with van der Waals surface area (Å²) in [5.41, 5.74) is 0. The lowest BCUT2D eigenvalue weighted by molar-refractivity contribution is -0.113. The highest BCUT2D eigenvalue weighted by Gasteiger charge is 1.82. The van der Waals surface area contributed by atoms with E-state index in [0.29, 0.717) is 0 Å². The summed E-state index contributed by atoms with van der Waals surface area (Å²) in [5, 5.41) is 0. The molecule has 66 valence electrons. The molecular weight excluding hydrogens is 152 g/mol. The van der Waals surface area contributed by atoms with Crippen LogP contribution in [0, 0.1) is 0 Å². The molecule has 2 heteroatoms. The van der Waals surface area contributed by atoms with Gasteiger partial charge in [0.1, 0.15) is 0 Å². The monoisotopic (exact) mass is 166 g/mol. The Morgan fingerprint density at radius 2 is 1.25 bits per heavy atom. The Kier molecular flexibility index (Phi) is 5.88. The summed E-state index contributed by atoms with van der Waals surface area (Å²) in [6.07, 6.45) is 8.33. The Bertz CT molecular complexity index is 188. The molecule has 0 N–H and O–H groups in total. The fourth-order valence-electron chi connectivity index (χ4n) is 0.691. The summed E-state index contributed by atoms with van der Waals surface area (Å²) in [5.74, 6) is 0.121. The van der Waals surface area contributed by atoms with Crippen molar-refractivity contribution in [1.82, 2.24) is 0 Å². The van der Waals surface area contributed by atoms with E-state index in [1.165, 1.54) is 13.8 Å². The molecule has 0 amide bonds. The predicted molar refractivity (Wildman–Crippen MR) is 48.9 cm³/mol. The van der Waals surface area contributed by atoms with Crippen molar-refractivity contribution in [2.45, 2.75) is 26.7 Å². The van der Waals surface area contributed by atoms with E-state index in [-0.39, 0.29) is 11.6 Å². The van der Waals surface area contributed by atoms with Crippen molar-refractivity contribution in [1.29, 1.82) is 0 Å². The molecule has 0 bridgehead atoms. The highest BCUT2D eigenvalue weighted by Crippen LogP contribution is 1.93. The molecule has 0 radical (unpaired) electrons. The second kappa shape index (κ2) is 6.53. The maximum absolute atomic E-state index is 10.4. The van der Waals surface area contributed by atoms with Gasteiger partial charge in [0, 0.05) is 0 Å². The summed E-state index contributed by atoms with van der Waals surface area (Å²) >= 11 is 0. The van der Waals surface area contributed by atoms with Crippen LogP contribution in [0.1, 0.15) is 26.7 Å². The minimum absolute atomic E-state index is 0.0607. The molecule has 0 rings (SSSR count). The van der Waals surface area contributed by atoms with Gasteiger partial charge in [0.05, 0.1) is 0 Å². The van der Waals surface area contributed by atoms with Crippen molar-refractivity contribution in [3.63, 3.8) is 0 Å². The van der Waals surface area contributed by atoms with Gasteiger partial charge >= 0.3 is 0 Å². The first-order chi connectivity index (χ1) is 5.63. The van der Waals surface area contributed by atoms with Gasteiger partial charge in [0.25, 0.3) is 0 Å². The van der Waals surface area contributed by atoms with Crippen LogP contribution in [0.3, 0.4) is 0 Å². The van der Waals surface area contributed by atoms with Crippen LogP contribution < -0.4 is 0 Å². The van der Waals surface area contributed by atoms with Gasteiger partial charge in [-0.3, -0.25) is 9.59 Å². The van der Waals surface area contributed by atoms with Crippen LogP contribution in [-0.2, 0) is 9.59 Å². The molecular formula is C10H14O2. The van der Waals surface area contributed by atoms with Gasteiger partial charge < -0.3 is 0 Å². The Labute approximate surface area is 73.0 Å². The van der Waals surface area contributed by atoms with E-state index >= 15 is 0 Å². The number of rotatable bonds is 5. The Hall–Kier alpha value is -1.18. The lowest BCUT2D eigenvalue weighted by Crippen LogP contribution is -1.80. The molecule has 0 heterocycles. The van der Waals surface area contributed by atoms with E-state index in [1.54, 1.807) is 12.2 Å². The highest BCUT2D eigenvalue weighted by atomic mass is 16.1. The van der Waals surface area contributed by atoms with Gasteiger partial charge in [0.2, 0.25) is 0 Å². The number of unbranched alkanes of at least 4 members (excludes halogenated alkanes) is 1. The van der Waals surface area contributed by atoms with Crippen LogP contribution in [0.4, 0.5) is 0 Å². The third kappa shape index (κ3) is 8.82. The fourth-order valence-corrected chi connectivity index (χ4v) is 0.691. The molecule has 0 spiro atoms. The molecule has 0 aromatic heterocycles. The van der Waals surface area contributed by atoms with Crippen molar-refractivity contribution in [2.75, 3.05) is 0 Å². The zero-order valence-electron chi connectivity index (χ0n) is 7.54. The fraction of sp³-hybridized carbons (Fsp3) is 0.400. The highest BCUT2D eigenvalue weighted by molar-refractivity contribution is 5.87. The van der Waals surface area contributed by atoms with Crippen LogP contribution in [0.25, 0.3) is 0 Å². The number of allylic oxidation sites excluding steroid dienone is 4.